The highest BCUT2D eigenvalue weighted by Crippen LogP contribution is 2.48. The molecule has 1 aromatic carbocycles. The van der Waals surface area contributed by atoms with Gasteiger partial charge in [0.1, 0.15) is 10.6 Å². The smallest absolute Gasteiger partial charge is 0.305 e. The fourth-order valence-corrected chi connectivity index (χ4v) is 6.77. The molecule has 0 saturated carbocycles. The van der Waals surface area contributed by atoms with Crippen LogP contribution in [0.25, 0.3) is 10.4 Å². The second-order valence-corrected chi connectivity index (χ2v) is 9.16. The number of halogens is 1. The minimum Gasteiger partial charge on any atom is -0.481 e. The minimum absolute atomic E-state index is 0.0179. The summed E-state index contributed by atoms with van der Waals surface area (Å²) < 4.78 is 36.7. The van der Waals surface area contributed by atoms with Crippen molar-refractivity contribution in [3.63, 3.8) is 0 Å². The van der Waals surface area contributed by atoms with E-state index in [0.717, 1.165) is 10.4 Å². The third kappa shape index (κ3) is 2.79. The fraction of sp³-hybridized carbons (Fsp3) is 0.312. The molecule has 0 spiro atoms. The molecular formula is C16H15FO4S2. The van der Waals surface area contributed by atoms with Crippen LogP contribution in [-0.2, 0) is 19.4 Å². The minimum atomic E-state index is -3.50. The summed E-state index contributed by atoms with van der Waals surface area (Å²) in [5, 5.41) is 9.19. The molecule has 0 bridgehead atoms. The number of thiophene rings is 1. The largest absolute Gasteiger partial charge is 0.481 e. The first-order chi connectivity index (χ1) is 10.8. The Morgan fingerprint density at radius 2 is 1.91 bits per heavy atom. The number of aliphatic carboxylic acids is 1. The Balaban J connectivity index is 2.05. The maximum absolute atomic E-state index is 13.0. The van der Waals surface area contributed by atoms with E-state index in [1.165, 1.54) is 23.5 Å². The molecule has 1 aliphatic rings. The van der Waals surface area contributed by atoms with Crippen LogP contribution in [0.3, 0.4) is 0 Å². The Morgan fingerprint density at radius 3 is 2.48 bits per heavy atom. The number of carboxylic acid groups (broad SMARTS) is 1. The molecule has 23 heavy (non-hydrogen) atoms. The van der Waals surface area contributed by atoms with Crippen molar-refractivity contribution in [3.05, 3.63) is 47.1 Å². The van der Waals surface area contributed by atoms with Crippen molar-refractivity contribution >= 4 is 27.1 Å². The van der Waals surface area contributed by atoms with E-state index in [0.29, 0.717) is 17.7 Å². The standard InChI is InChI=1S/C16H15FO4S2/c17-12-4-2-11(3-5-12)13-6-7-14(22-13)16(10-15(18)19)8-1-9-23(16,20)21/h2-7H,1,8-10H2,(H,18,19). The molecular weight excluding hydrogens is 339 g/mol. The van der Waals surface area contributed by atoms with Gasteiger partial charge in [-0.2, -0.15) is 0 Å². The summed E-state index contributed by atoms with van der Waals surface area (Å²) in [6.45, 7) is 0. The zero-order valence-electron chi connectivity index (χ0n) is 12.2. The van der Waals surface area contributed by atoms with Crippen LogP contribution in [0.1, 0.15) is 24.1 Å². The Hall–Kier alpha value is -1.73. The molecule has 2 aromatic rings. The van der Waals surface area contributed by atoms with Crippen LogP contribution >= 0.6 is 11.3 Å². The molecule has 4 nitrogen and oxygen atoms in total. The molecule has 1 unspecified atom stereocenters. The number of carboxylic acids is 1. The predicted molar refractivity (Wildman–Crippen MR) is 86.7 cm³/mol. The highest BCUT2D eigenvalue weighted by Gasteiger charge is 2.51. The summed E-state index contributed by atoms with van der Waals surface area (Å²) in [5.41, 5.74) is 0.781. The van der Waals surface area contributed by atoms with Gasteiger partial charge in [0.05, 0.1) is 12.2 Å². The Labute approximate surface area is 137 Å². The Bertz CT molecular complexity index is 839. The number of rotatable bonds is 4. The zero-order valence-corrected chi connectivity index (χ0v) is 13.8. The zero-order chi connectivity index (χ0) is 16.7. The normalized spacial score (nSPS) is 23.0. The molecule has 0 aliphatic carbocycles. The van der Waals surface area contributed by atoms with E-state index in [1.54, 1.807) is 24.3 Å². The summed E-state index contributed by atoms with van der Waals surface area (Å²) in [5.74, 6) is -1.44. The van der Waals surface area contributed by atoms with Crippen molar-refractivity contribution in [2.45, 2.75) is 24.0 Å². The third-order valence-corrected chi connectivity index (χ3v) is 8.26. The molecule has 1 saturated heterocycles. The fourth-order valence-electron chi connectivity index (χ4n) is 3.06. The maximum Gasteiger partial charge on any atom is 0.305 e. The maximum atomic E-state index is 13.0. The van der Waals surface area contributed by atoms with E-state index in [4.69, 9.17) is 0 Å². The average molecular weight is 354 g/mol. The molecule has 1 aliphatic heterocycles. The quantitative estimate of drug-likeness (QED) is 0.913. The second kappa shape index (κ2) is 5.72. The van der Waals surface area contributed by atoms with Gasteiger partial charge in [0.25, 0.3) is 0 Å². The lowest BCUT2D eigenvalue weighted by Gasteiger charge is -2.24. The van der Waals surface area contributed by atoms with E-state index < -0.39 is 27.0 Å². The van der Waals surface area contributed by atoms with Gasteiger partial charge in [0, 0.05) is 9.75 Å². The van der Waals surface area contributed by atoms with Gasteiger partial charge >= 0.3 is 5.97 Å². The second-order valence-electron chi connectivity index (χ2n) is 5.66. The number of hydrogen-bond donors (Lipinski definition) is 1. The van der Waals surface area contributed by atoms with Crippen molar-refractivity contribution in [2.75, 3.05) is 5.75 Å². The van der Waals surface area contributed by atoms with Crippen molar-refractivity contribution in [1.82, 2.24) is 0 Å². The van der Waals surface area contributed by atoms with Crippen LogP contribution < -0.4 is 0 Å². The van der Waals surface area contributed by atoms with E-state index >= 15 is 0 Å². The molecule has 0 amide bonds. The third-order valence-electron chi connectivity index (χ3n) is 4.21. The molecule has 7 heteroatoms. The van der Waals surface area contributed by atoms with Gasteiger partial charge in [-0.05, 0) is 42.7 Å². The lowest BCUT2D eigenvalue weighted by atomic mass is 9.97. The SMILES string of the molecule is O=C(O)CC1(c2ccc(-c3ccc(F)cc3)s2)CCCS1(=O)=O. The van der Waals surface area contributed by atoms with Crippen LogP contribution in [0.15, 0.2) is 36.4 Å². The van der Waals surface area contributed by atoms with Crippen LogP contribution in [0.5, 0.6) is 0 Å². The van der Waals surface area contributed by atoms with Gasteiger partial charge in [-0.25, -0.2) is 12.8 Å². The molecule has 2 heterocycles. The number of hydrogen-bond acceptors (Lipinski definition) is 4. The molecule has 122 valence electrons. The van der Waals surface area contributed by atoms with Gasteiger partial charge in [0.15, 0.2) is 9.84 Å². The highest BCUT2D eigenvalue weighted by molar-refractivity contribution is 7.92. The van der Waals surface area contributed by atoms with Crippen LogP contribution in [0.2, 0.25) is 0 Å². The van der Waals surface area contributed by atoms with Crippen molar-refractivity contribution in [1.29, 1.82) is 0 Å². The van der Waals surface area contributed by atoms with Crippen molar-refractivity contribution in [2.24, 2.45) is 0 Å². The van der Waals surface area contributed by atoms with Crippen LogP contribution in [-0.4, -0.2) is 25.2 Å². The lowest BCUT2D eigenvalue weighted by Crippen LogP contribution is -2.33. The molecule has 1 atom stereocenters. The lowest BCUT2D eigenvalue weighted by molar-refractivity contribution is -0.137. The summed E-state index contributed by atoms with van der Waals surface area (Å²) >= 11 is 1.27. The summed E-state index contributed by atoms with van der Waals surface area (Å²) in [4.78, 5) is 12.6. The van der Waals surface area contributed by atoms with E-state index in [2.05, 4.69) is 0 Å². The molecule has 3 rings (SSSR count). The number of sulfone groups is 1. The van der Waals surface area contributed by atoms with Gasteiger partial charge in [-0.15, -0.1) is 11.3 Å². The molecule has 0 radical (unpaired) electrons. The van der Waals surface area contributed by atoms with E-state index in [1.807, 2.05) is 0 Å². The van der Waals surface area contributed by atoms with Gasteiger partial charge in [-0.1, -0.05) is 12.1 Å². The Morgan fingerprint density at radius 1 is 1.22 bits per heavy atom. The molecule has 1 N–H and O–H groups in total. The van der Waals surface area contributed by atoms with Gasteiger partial charge < -0.3 is 5.11 Å². The first kappa shape index (κ1) is 16.1. The monoisotopic (exact) mass is 354 g/mol. The molecule has 1 aromatic heterocycles. The van der Waals surface area contributed by atoms with E-state index in [9.17, 15) is 22.7 Å². The average Bonchev–Trinajstić information content (AvgIpc) is 3.05. The van der Waals surface area contributed by atoms with Gasteiger partial charge in [0.2, 0.25) is 0 Å². The van der Waals surface area contributed by atoms with Crippen LogP contribution in [0.4, 0.5) is 4.39 Å². The van der Waals surface area contributed by atoms with Crippen molar-refractivity contribution in [3.8, 4) is 10.4 Å². The topological polar surface area (TPSA) is 71.4 Å². The highest BCUT2D eigenvalue weighted by atomic mass is 32.2. The summed E-state index contributed by atoms with van der Waals surface area (Å²) in [6.07, 6.45) is 0.378. The summed E-state index contributed by atoms with van der Waals surface area (Å²) in [7, 11) is -3.50. The van der Waals surface area contributed by atoms with Gasteiger partial charge in [-0.3, -0.25) is 4.79 Å². The first-order valence-electron chi connectivity index (χ1n) is 7.14. The first-order valence-corrected chi connectivity index (χ1v) is 9.61. The Kier molecular flexibility index (Phi) is 4.01. The van der Waals surface area contributed by atoms with E-state index in [-0.39, 0.29) is 11.6 Å². The summed E-state index contributed by atoms with van der Waals surface area (Å²) in [6, 6.07) is 9.39. The van der Waals surface area contributed by atoms with Crippen LogP contribution in [0, 0.1) is 5.82 Å². The number of benzene rings is 1. The molecule has 1 fully saturated rings. The number of carbonyl (C=O) groups is 1. The van der Waals surface area contributed by atoms with Crippen molar-refractivity contribution < 1.29 is 22.7 Å². The predicted octanol–water partition coefficient (Wildman–Crippen LogP) is 3.43.